The molecule has 0 unspecified atom stereocenters. The second kappa shape index (κ2) is 15.4. The molecule has 2 aliphatic heterocycles. The number of carbonyl (C=O) groups is 2. The van der Waals surface area contributed by atoms with E-state index in [0.29, 0.717) is 81.0 Å². The molecule has 3 heterocycles. The zero-order valence-corrected chi connectivity index (χ0v) is 29.0. The third-order valence-corrected chi connectivity index (χ3v) is 9.28. The zero-order chi connectivity index (χ0) is 35.2. The maximum Gasteiger partial charge on any atom is 0.338 e. The molecular weight excluding hydrogens is 662 g/mol. The van der Waals surface area contributed by atoms with E-state index in [1.807, 2.05) is 30.3 Å². The van der Waals surface area contributed by atoms with Crippen LogP contribution < -0.4 is 33.8 Å². The number of ether oxygens (including phenoxy) is 6. The van der Waals surface area contributed by atoms with Gasteiger partial charge >= 0.3 is 5.97 Å². The van der Waals surface area contributed by atoms with Gasteiger partial charge in [-0.2, -0.15) is 0 Å². The molecule has 3 aromatic carbocycles. The predicted molar refractivity (Wildman–Crippen MR) is 186 cm³/mol. The van der Waals surface area contributed by atoms with Gasteiger partial charge in [-0.25, -0.2) is 9.79 Å². The predicted octanol–water partition coefficient (Wildman–Crippen LogP) is 3.20. The van der Waals surface area contributed by atoms with E-state index in [-0.39, 0.29) is 30.3 Å². The molecule has 1 fully saturated rings. The first-order valence-electron chi connectivity index (χ1n) is 16.0. The van der Waals surface area contributed by atoms with Gasteiger partial charge in [0, 0.05) is 18.7 Å². The summed E-state index contributed by atoms with van der Waals surface area (Å²) in [4.78, 5) is 47.8. The molecule has 1 aromatic heterocycles. The van der Waals surface area contributed by atoms with Crippen LogP contribution in [0.3, 0.4) is 0 Å². The molecule has 4 aromatic rings. The number of amides is 1. The van der Waals surface area contributed by atoms with Gasteiger partial charge in [0.15, 0.2) is 34.4 Å². The van der Waals surface area contributed by atoms with Crippen LogP contribution in [0.1, 0.15) is 29.7 Å². The fraction of sp³-hybridized carbons (Fsp3) is 0.297. The maximum atomic E-state index is 14.3. The van der Waals surface area contributed by atoms with Gasteiger partial charge in [0.25, 0.3) is 11.5 Å². The Kier molecular flexibility index (Phi) is 10.6. The third-order valence-electron chi connectivity index (χ3n) is 8.30. The lowest BCUT2D eigenvalue weighted by Gasteiger charge is -2.26. The quantitative estimate of drug-likeness (QED) is 0.217. The van der Waals surface area contributed by atoms with E-state index in [9.17, 15) is 14.4 Å². The van der Waals surface area contributed by atoms with Gasteiger partial charge in [-0.3, -0.25) is 14.2 Å². The maximum absolute atomic E-state index is 14.3. The minimum Gasteiger partial charge on any atom is -0.493 e. The molecule has 12 nitrogen and oxygen atoms in total. The van der Waals surface area contributed by atoms with E-state index in [1.54, 1.807) is 54.3 Å². The highest BCUT2D eigenvalue weighted by atomic mass is 32.1. The normalized spacial score (nSPS) is 16.0. The summed E-state index contributed by atoms with van der Waals surface area (Å²) in [5.41, 5.74) is 2.25. The first kappa shape index (κ1) is 34.5. The van der Waals surface area contributed by atoms with Crippen LogP contribution in [-0.4, -0.2) is 82.2 Å². The number of hydrogen-bond acceptors (Lipinski definition) is 11. The highest BCUT2D eigenvalue weighted by molar-refractivity contribution is 7.07. The van der Waals surface area contributed by atoms with Crippen molar-refractivity contribution in [1.29, 1.82) is 0 Å². The van der Waals surface area contributed by atoms with Gasteiger partial charge in [0.1, 0.15) is 0 Å². The monoisotopic (exact) mass is 699 g/mol. The number of aromatic nitrogens is 1. The van der Waals surface area contributed by atoms with E-state index in [2.05, 4.69) is 0 Å². The first-order valence-corrected chi connectivity index (χ1v) is 16.8. The summed E-state index contributed by atoms with van der Waals surface area (Å²) in [5.74, 6) is 1.02. The van der Waals surface area contributed by atoms with Crippen molar-refractivity contribution in [1.82, 2.24) is 9.47 Å². The number of fused-ring (bicyclic) bond motifs is 1. The van der Waals surface area contributed by atoms with Crippen molar-refractivity contribution < 1.29 is 38.0 Å². The van der Waals surface area contributed by atoms with Gasteiger partial charge in [0.05, 0.1) is 63.0 Å². The number of methoxy groups -OCH3 is 3. The number of thiazole rings is 1. The second-order valence-electron chi connectivity index (χ2n) is 11.2. The van der Waals surface area contributed by atoms with Gasteiger partial charge in [-0.1, -0.05) is 53.8 Å². The summed E-state index contributed by atoms with van der Waals surface area (Å²) < 4.78 is 35.3. The molecule has 0 bridgehead atoms. The number of benzene rings is 3. The average molecular weight is 700 g/mol. The van der Waals surface area contributed by atoms with Crippen LogP contribution in [0.2, 0.25) is 0 Å². The molecule has 1 atom stereocenters. The first-order chi connectivity index (χ1) is 24.4. The Morgan fingerprint density at radius 1 is 0.920 bits per heavy atom. The third kappa shape index (κ3) is 7.00. The molecule has 2 aliphatic rings. The Hall–Kier alpha value is -5.40. The van der Waals surface area contributed by atoms with Crippen molar-refractivity contribution in [2.24, 2.45) is 4.99 Å². The molecular formula is C37H37N3O9S. The van der Waals surface area contributed by atoms with Crippen LogP contribution in [0.4, 0.5) is 0 Å². The Labute approximate surface area is 292 Å². The standard InChI is InChI=1S/C37H37N3O9S/c1-5-48-36(43)32-33(24-9-7-6-8-10-24)38-37-40(34(32)25-12-14-26(44-2)29(21-25)46-4)35(42)30(50-37)20-23-11-13-27(28(19-23)45-3)49-22-31(41)39-15-17-47-18-16-39/h6-14,19-21,34H,5,15-18,22H2,1-4H3/b30-20+/t34-/m1/s1. The molecule has 0 aliphatic carbocycles. The minimum absolute atomic E-state index is 0.135. The zero-order valence-electron chi connectivity index (χ0n) is 28.2. The van der Waals surface area contributed by atoms with Crippen LogP contribution in [0.25, 0.3) is 11.8 Å². The van der Waals surface area contributed by atoms with Crippen LogP contribution in [0, 0.1) is 0 Å². The van der Waals surface area contributed by atoms with Crippen LogP contribution >= 0.6 is 11.3 Å². The Morgan fingerprint density at radius 3 is 2.32 bits per heavy atom. The smallest absolute Gasteiger partial charge is 0.338 e. The Bertz CT molecular complexity index is 2100. The molecule has 1 saturated heterocycles. The molecule has 0 radical (unpaired) electrons. The van der Waals surface area contributed by atoms with E-state index in [1.165, 1.54) is 37.2 Å². The number of nitrogens with zero attached hydrogens (tertiary/aromatic N) is 3. The van der Waals surface area contributed by atoms with Gasteiger partial charge in [0.2, 0.25) is 0 Å². The van der Waals surface area contributed by atoms with E-state index in [0.717, 1.165) is 0 Å². The molecule has 50 heavy (non-hydrogen) atoms. The highest BCUT2D eigenvalue weighted by Gasteiger charge is 2.35. The molecule has 13 heteroatoms. The number of rotatable bonds is 11. The fourth-order valence-corrected chi connectivity index (χ4v) is 6.87. The van der Waals surface area contributed by atoms with Gasteiger partial charge in [-0.15, -0.1) is 0 Å². The highest BCUT2D eigenvalue weighted by Crippen LogP contribution is 2.38. The summed E-state index contributed by atoms with van der Waals surface area (Å²) in [6.45, 7) is 3.78. The molecule has 0 spiro atoms. The summed E-state index contributed by atoms with van der Waals surface area (Å²) in [7, 11) is 4.57. The summed E-state index contributed by atoms with van der Waals surface area (Å²) in [5, 5.41) is 0. The van der Waals surface area contributed by atoms with Crippen LogP contribution in [-0.2, 0) is 19.1 Å². The molecule has 1 amide bonds. The van der Waals surface area contributed by atoms with E-state index in [4.69, 9.17) is 33.4 Å². The lowest BCUT2D eigenvalue weighted by molar-refractivity contribution is -0.139. The van der Waals surface area contributed by atoms with Crippen molar-refractivity contribution in [3.8, 4) is 23.0 Å². The Balaban J connectivity index is 1.45. The van der Waals surface area contributed by atoms with Crippen molar-refractivity contribution in [3.63, 3.8) is 0 Å². The lowest BCUT2D eigenvalue weighted by Crippen LogP contribution is -2.43. The van der Waals surface area contributed by atoms with Gasteiger partial charge in [-0.05, 0) is 48.4 Å². The summed E-state index contributed by atoms with van der Waals surface area (Å²) in [6, 6.07) is 18.9. The van der Waals surface area contributed by atoms with Crippen molar-refractivity contribution >= 4 is 35.0 Å². The second-order valence-corrected chi connectivity index (χ2v) is 12.2. The van der Waals surface area contributed by atoms with Crippen molar-refractivity contribution in [2.45, 2.75) is 13.0 Å². The molecule has 6 rings (SSSR count). The number of morpholine rings is 1. The number of carbonyl (C=O) groups excluding carboxylic acids is 2. The van der Waals surface area contributed by atoms with E-state index < -0.39 is 12.0 Å². The fourth-order valence-electron chi connectivity index (χ4n) is 5.87. The van der Waals surface area contributed by atoms with Crippen molar-refractivity contribution in [3.05, 3.63) is 109 Å². The largest absolute Gasteiger partial charge is 0.493 e. The van der Waals surface area contributed by atoms with Gasteiger partial charge < -0.3 is 33.3 Å². The Morgan fingerprint density at radius 2 is 1.62 bits per heavy atom. The van der Waals surface area contributed by atoms with Crippen LogP contribution in [0.5, 0.6) is 23.0 Å². The topological polar surface area (TPSA) is 127 Å². The van der Waals surface area contributed by atoms with E-state index >= 15 is 0 Å². The molecule has 260 valence electrons. The van der Waals surface area contributed by atoms with Crippen molar-refractivity contribution in [2.75, 3.05) is 60.8 Å². The molecule has 0 saturated carbocycles. The van der Waals surface area contributed by atoms with Crippen LogP contribution in [0.15, 0.2) is 82.1 Å². The molecule has 0 N–H and O–H groups in total. The SMILES string of the molecule is CCOC(=O)C1=C(c2ccccc2)N=c2s/c(=C/c3ccc(OCC(=O)N4CCOCC4)c(OC)c3)c(=O)n2[C@@H]1c1ccc(OC)c(OC)c1. The number of esters is 1. The average Bonchev–Trinajstić information content (AvgIpc) is 3.47. The number of hydrogen-bond donors (Lipinski definition) is 0. The summed E-state index contributed by atoms with van der Waals surface area (Å²) in [6.07, 6.45) is 1.73. The minimum atomic E-state index is -0.892. The lowest BCUT2D eigenvalue weighted by atomic mass is 9.93. The summed E-state index contributed by atoms with van der Waals surface area (Å²) >= 11 is 1.20.